The number of carboxylic acids is 1. The fourth-order valence-electron chi connectivity index (χ4n) is 2.24. The minimum absolute atomic E-state index is 0.0275. The molecule has 0 aliphatic rings. The van der Waals surface area contributed by atoms with Crippen molar-refractivity contribution >= 4 is 5.97 Å². The summed E-state index contributed by atoms with van der Waals surface area (Å²) in [6.07, 6.45) is 2.62. The normalized spacial score (nSPS) is 15.1. The molecule has 1 rings (SSSR count). The Morgan fingerprint density at radius 2 is 2.05 bits per heavy atom. The monoisotopic (exact) mass is 282 g/mol. The molecule has 0 aliphatic heterocycles. The van der Waals surface area contributed by atoms with Gasteiger partial charge in [0.25, 0.3) is 0 Å². The van der Waals surface area contributed by atoms with Gasteiger partial charge >= 0.3 is 5.97 Å². The number of aromatic nitrogens is 4. The number of hydrogen-bond donors (Lipinski definition) is 1. The summed E-state index contributed by atoms with van der Waals surface area (Å²) in [5.41, 5.74) is 0.0275. The molecule has 0 aliphatic carbocycles. The average molecular weight is 282 g/mol. The second kappa shape index (κ2) is 6.81. The van der Waals surface area contributed by atoms with E-state index in [2.05, 4.69) is 50.1 Å². The Labute approximate surface area is 120 Å². The highest BCUT2D eigenvalue weighted by Gasteiger charge is 2.26. The Balaban J connectivity index is 2.95. The van der Waals surface area contributed by atoms with E-state index in [-0.39, 0.29) is 17.9 Å². The molecule has 1 aromatic rings. The van der Waals surface area contributed by atoms with E-state index >= 15 is 0 Å². The third kappa shape index (κ3) is 5.27. The molecular formula is C14H26N4O2. The molecule has 1 heterocycles. The van der Waals surface area contributed by atoms with Crippen LogP contribution in [-0.4, -0.2) is 31.3 Å². The van der Waals surface area contributed by atoms with Gasteiger partial charge in [-0.2, -0.15) is 0 Å². The van der Waals surface area contributed by atoms with Crippen molar-refractivity contribution < 1.29 is 9.90 Å². The topological polar surface area (TPSA) is 80.9 Å². The van der Waals surface area contributed by atoms with Crippen molar-refractivity contribution in [2.45, 2.75) is 66.3 Å². The highest BCUT2D eigenvalue weighted by molar-refractivity contribution is 5.67. The first-order chi connectivity index (χ1) is 9.23. The highest BCUT2D eigenvalue weighted by Crippen LogP contribution is 2.30. The lowest BCUT2D eigenvalue weighted by Crippen LogP contribution is -2.23. The SMILES string of the molecule is CCC(C)Cc1nnnn1C(CC(=O)O)CC(C)(C)C. The smallest absolute Gasteiger partial charge is 0.305 e. The Kier molecular flexibility index (Phi) is 5.65. The van der Waals surface area contributed by atoms with E-state index in [0.717, 1.165) is 25.1 Å². The first-order valence-corrected chi connectivity index (χ1v) is 7.21. The third-order valence-electron chi connectivity index (χ3n) is 3.39. The van der Waals surface area contributed by atoms with Gasteiger partial charge in [0.1, 0.15) is 0 Å². The minimum atomic E-state index is -0.816. The fraction of sp³-hybridized carbons (Fsp3) is 0.857. The zero-order valence-corrected chi connectivity index (χ0v) is 13.1. The van der Waals surface area contributed by atoms with Crippen molar-refractivity contribution in [3.8, 4) is 0 Å². The zero-order valence-electron chi connectivity index (χ0n) is 13.1. The molecule has 6 heteroatoms. The van der Waals surface area contributed by atoms with Gasteiger partial charge in [0.05, 0.1) is 12.5 Å². The van der Waals surface area contributed by atoms with Crippen molar-refractivity contribution in [3.05, 3.63) is 5.82 Å². The molecule has 2 atom stereocenters. The van der Waals surface area contributed by atoms with Gasteiger partial charge in [0.15, 0.2) is 5.82 Å². The number of aliphatic carboxylic acids is 1. The van der Waals surface area contributed by atoms with E-state index in [1.54, 1.807) is 4.68 Å². The van der Waals surface area contributed by atoms with Gasteiger partial charge in [-0.1, -0.05) is 41.0 Å². The van der Waals surface area contributed by atoms with E-state index < -0.39 is 5.97 Å². The van der Waals surface area contributed by atoms with Gasteiger partial charge < -0.3 is 5.11 Å². The number of carboxylic acid groups (broad SMARTS) is 1. The Bertz CT molecular complexity index is 437. The maximum absolute atomic E-state index is 11.1. The van der Waals surface area contributed by atoms with E-state index in [4.69, 9.17) is 5.11 Å². The molecule has 0 bridgehead atoms. The van der Waals surface area contributed by atoms with Crippen LogP contribution >= 0.6 is 0 Å². The van der Waals surface area contributed by atoms with Crippen molar-refractivity contribution in [1.29, 1.82) is 0 Å². The second-order valence-electron chi connectivity index (χ2n) is 6.77. The van der Waals surface area contributed by atoms with Crippen LogP contribution in [0.2, 0.25) is 0 Å². The molecule has 0 aromatic carbocycles. The molecule has 2 unspecified atom stereocenters. The molecule has 20 heavy (non-hydrogen) atoms. The number of carbonyl (C=O) groups is 1. The largest absolute Gasteiger partial charge is 0.481 e. The maximum Gasteiger partial charge on any atom is 0.305 e. The van der Waals surface area contributed by atoms with E-state index in [0.29, 0.717) is 5.92 Å². The Morgan fingerprint density at radius 1 is 1.40 bits per heavy atom. The lowest BCUT2D eigenvalue weighted by Gasteiger charge is -2.25. The summed E-state index contributed by atoms with van der Waals surface area (Å²) in [6, 6.07) is -0.193. The number of nitrogens with zero attached hydrogens (tertiary/aromatic N) is 4. The van der Waals surface area contributed by atoms with Crippen LogP contribution < -0.4 is 0 Å². The fourth-order valence-corrected chi connectivity index (χ4v) is 2.24. The number of rotatable bonds is 7. The van der Waals surface area contributed by atoms with Crippen LogP contribution in [0.4, 0.5) is 0 Å². The summed E-state index contributed by atoms with van der Waals surface area (Å²) in [7, 11) is 0. The molecule has 6 nitrogen and oxygen atoms in total. The Hall–Kier alpha value is -1.46. The number of hydrogen-bond acceptors (Lipinski definition) is 4. The van der Waals surface area contributed by atoms with Gasteiger partial charge in [0.2, 0.25) is 0 Å². The van der Waals surface area contributed by atoms with Gasteiger partial charge in [-0.3, -0.25) is 4.79 Å². The summed E-state index contributed by atoms with van der Waals surface area (Å²) in [6.45, 7) is 10.6. The van der Waals surface area contributed by atoms with Crippen molar-refractivity contribution in [3.63, 3.8) is 0 Å². The van der Waals surface area contributed by atoms with Crippen molar-refractivity contribution in [2.75, 3.05) is 0 Å². The molecule has 0 amide bonds. The van der Waals surface area contributed by atoms with E-state index in [1.165, 1.54) is 0 Å². The molecule has 0 saturated heterocycles. The Morgan fingerprint density at radius 3 is 2.55 bits per heavy atom. The maximum atomic E-state index is 11.1. The molecule has 0 saturated carbocycles. The minimum Gasteiger partial charge on any atom is -0.481 e. The van der Waals surface area contributed by atoms with Gasteiger partial charge in [0, 0.05) is 6.42 Å². The predicted octanol–water partition coefficient (Wildman–Crippen LogP) is 2.71. The molecular weight excluding hydrogens is 256 g/mol. The predicted molar refractivity (Wildman–Crippen MR) is 76.3 cm³/mol. The van der Waals surface area contributed by atoms with Gasteiger partial charge in [-0.15, -0.1) is 5.10 Å². The highest BCUT2D eigenvalue weighted by atomic mass is 16.4. The zero-order chi connectivity index (χ0) is 15.3. The summed E-state index contributed by atoms with van der Waals surface area (Å²) in [4.78, 5) is 11.1. The molecule has 0 radical (unpaired) electrons. The van der Waals surface area contributed by atoms with E-state index in [1.807, 2.05) is 0 Å². The molecule has 0 spiro atoms. The number of tetrazole rings is 1. The van der Waals surface area contributed by atoms with Crippen LogP contribution in [0.1, 0.15) is 65.7 Å². The summed E-state index contributed by atoms with van der Waals surface area (Å²) < 4.78 is 1.71. The first-order valence-electron chi connectivity index (χ1n) is 7.21. The van der Waals surface area contributed by atoms with E-state index in [9.17, 15) is 4.79 Å². The molecule has 1 aromatic heterocycles. The lowest BCUT2D eigenvalue weighted by atomic mass is 9.87. The van der Waals surface area contributed by atoms with Crippen LogP contribution in [0.5, 0.6) is 0 Å². The average Bonchev–Trinajstić information content (AvgIpc) is 2.73. The summed E-state index contributed by atoms with van der Waals surface area (Å²) in [5.74, 6) is 0.457. The standard InChI is InChI=1S/C14H26N4O2/c1-6-10(2)7-12-15-16-17-18(12)11(8-13(19)20)9-14(3,4)5/h10-11H,6-9H2,1-5H3,(H,19,20). The molecule has 1 N–H and O–H groups in total. The van der Waals surface area contributed by atoms with Crippen LogP contribution in [0, 0.1) is 11.3 Å². The lowest BCUT2D eigenvalue weighted by molar-refractivity contribution is -0.138. The molecule has 114 valence electrons. The molecule has 0 fully saturated rings. The van der Waals surface area contributed by atoms with Crippen LogP contribution in [0.15, 0.2) is 0 Å². The van der Waals surface area contributed by atoms with Crippen LogP contribution in [-0.2, 0) is 11.2 Å². The quantitative estimate of drug-likeness (QED) is 0.831. The van der Waals surface area contributed by atoms with Crippen LogP contribution in [0.3, 0.4) is 0 Å². The van der Waals surface area contributed by atoms with Crippen LogP contribution in [0.25, 0.3) is 0 Å². The first kappa shape index (κ1) is 16.6. The third-order valence-corrected chi connectivity index (χ3v) is 3.39. The van der Waals surface area contributed by atoms with Gasteiger partial charge in [-0.05, 0) is 28.2 Å². The van der Waals surface area contributed by atoms with Crippen molar-refractivity contribution in [2.24, 2.45) is 11.3 Å². The summed E-state index contributed by atoms with van der Waals surface area (Å²) >= 11 is 0. The van der Waals surface area contributed by atoms with Crippen molar-refractivity contribution in [1.82, 2.24) is 20.2 Å². The summed E-state index contributed by atoms with van der Waals surface area (Å²) in [5, 5.41) is 21.0. The van der Waals surface area contributed by atoms with Gasteiger partial charge in [-0.25, -0.2) is 4.68 Å². The second-order valence-corrected chi connectivity index (χ2v) is 6.77.